The van der Waals surface area contributed by atoms with Gasteiger partial charge in [-0.3, -0.25) is 0 Å². The molecule has 0 unspecified atom stereocenters. The van der Waals surface area contributed by atoms with Crippen molar-refractivity contribution in [3.05, 3.63) is 212 Å². The number of fused-ring (bicyclic) bond motifs is 8. The first kappa shape index (κ1) is 30.7. The summed E-state index contributed by atoms with van der Waals surface area (Å²) in [7, 11) is 0. The van der Waals surface area contributed by atoms with Crippen LogP contribution in [-0.4, -0.2) is 19.9 Å². The van der Waals surface area contributed by atoms with E-state index in [-0.39, 0.29) is 0 Å². The molecule has 8 heteroatoms. The number of benzene rings is 4. The summed E-state index contributed by atoms with van der Waals surface area (Å²) in [6.45, 7) is 0. The minimum absolute atomic E-state index is 0.704. The van der Waals surface area contributed by atoms with E-state index in [9.17, 15) is 0 Å². The van der Waals surface area contributed by atoms with E-state index < -0.39 is 0 Å². The zero-order valence-electron chi connectivity index (χ0n) is 28.2. The number of nitrogens with one attached hydrogen (secondary N) is 4. The SMILES string of the molecule is Nc1ccc(C2=c3ccc([nH]3)=C(c3ccc(N)cc3)c3ccc([nH]3)C(c3ccc(N)cc3)=c3ccc([nH]3)=C(c3ccc(N)cc3)c3ccc2[nH]3)cc1. The third kappa shape index (κ3) is 5.45. The van der Waals surface area contributed by atoms with E-state index in [0.717, 1.165) is 88.7 Å². The summed E-state index contributed by atoms with van der Waals surface area (Å²) < 4.78 is 0. The van der Waals surface area contributed by atoms with Gasteiger partial charge in [-0.2, -0.15) is 0 Å². The van der Waals surface area contributed by atoms with Crippen molar-refractivity contribution in [1.29, 1.82) is 0 Å². The highest BCUT2D eigenvalue weighted by Crippen LogP contribution is 2.29. The van der Waals surface area contributed by atoms with Crippen LogP contribution in [-0.2, 0) is 0 Å². The van der Waals surface area contributed by atoms with Gasteiger partial charge in [0.15, 0.2) is 0 Å². The second kappa shape index (κ2) is 12.2. The fourth-order valence-electron chi connectivity index (χ4n) is 7.17. The molecule has 9 rings (SSSR count). The van der Waals surface area contributed by atoms with Crippen LogP contribution in [0.5, 0.6) is 0 Å². The van der Waals surface area contributed by atoms with Crippen LogP contribution in [0.1, 0.15) is 45.0 Å². The summed E-state index contributed by atoms with van der Waals surface area (Å²) in [4.78, 5) is 15.2. The summed E-state index contributed by atoms with van der Waals surface area (Å²) in [5, 5.41) is 3.80. The molecule has 8 bridgehead atoms. The summed E-state index contributed by atoms with van der Waals surface area (Å²) >= 11 is 0. The number of H-pyrrole nitrogens is 4. The molecule has 4 aromatic heterocycles. The molecule has 0 aliphatic carbocycles. The van der Waals surface area contributed by atoms with Crippen molar-refractivity contribution in [2.24, 2.45) is 0 Å². The van der Waals surface area contributed by atoms with Crippen LogP contribution in [0, 0.1) is 0 Å². The van der Waals surface area contributed by atoms with Crippen LogP contribution in [0.4, 0.5) is 22.7 Å². The van der Waals surface area contributed by atoms with Gasteiger partial charge in [-0.05, 0) is 119 Å². The topological polar surface area (TPSA) is 167 Å². The lowest BCUT2D eigenvalue weighted by Gasteiger charge is -2.10. The Kier molecular flexibility index (Phi) is 7.22. The van der Waals surface area contributed by atoms with Gasteiger partial charge in [0.05, 0.1) is 0 Å². The van der Waals surface area contributed by atoms with Gasteiger partial charge >= 0.3 is 0 Å². The van der Waals surface area contributed by atoms with Crippen LogP contribution >= 0.6 is 0 Å². The molecule has 252 valence electrons. The third-order valence-electron chi connectivity index (χ3n) is 9.70. The zero-order chi connectivity index (χ0) is 35.3. The Labute approximate surface area is 299 Å². The highest BCUT2D eigenvalue weighted by atomic mass is 14.8. The van der Waals surface area contributed by atoms with Crippen molar-refractivity contribution < 1.29 is 0 Å². The molecule has 4 aromatic carbocycles. The highest BCUT2D eigenvalue weighted by molar-refractivity contribution is 5.85. The quantitative estimate of drug-likeness (QED) is 0.127. The molecule has 52 heavy (non-hydrogen) atoms. The molecule has 8 aromatic rings. The second-order valence-electron chi connectivity index (χ2n) is 13.1. The van der Waals surface area contributed by atoms with Crippen molar-refractivity contribution >= 4 is 45.0 Å². The van der Waals surface area contributed by atoms with E-state index in [2.05, 4.69) is 117 Å². The van der Waals surface area contributed by atoms with Gasteiger partial charge in [-0.15, -0.1) is 0 Å². The number of nitrogens with two attached hydrogens (primary N) is 4. The van der Waals surface area contributed by atoms with Gasteiger partial charge < -0.3 is 42.9 Å². The number of aromatic nitrogens is 4. The third-order valence-corrected chi connectivity index (χ3v) is 9.70. The first-order valence-electron chi connectivity index (χ1n) is 17.1. The standard InChI is InChI=1S/C44H36N8/c45-29-9-1-25(2-10-29)41-33-17-19-35(49-33)42(26-3-11-30(46)12-4-26)37-21-23-39(51-37)44(28-7-15-32(48)16-8-28)40-24-22-38(52-40)43(36-20-18-34(41)50-36)27-5-13-31(47)14-6-27/h1-24,49-52H,45-48H2. The fourth-order valence-corrected chi connectivity index (χ4v) is 7.17. The van der Waals surface area contributed by atoms with Gasteiger partial charge in [-0.25, -0.2) is 0 Å². The fraction of sp³-hybridized carbons (Fsp3) is 0. The summed E-state index contributed by atoms with van der Waals surface area (Å²) in [6.07, 6.45) is 0. The lowest BCUT2D eigenvalue weighted by Crippen LogP contribution is -2.19. The summed E-state index contributed by atoms with van der Waals surface area (Å²) in [5.41, 5.74) is 39.4. The maximum Gasteiger partial charge on any atom is 0.0485 e. The monoisotopic (exact) mass is 676 g/mol. The van der Waals surface area contributed by atoms with Crippen molar-refractivity contribution in [3.63, 3.8) is 0 Å². The predicted molar refractivity (Wildman–Crippen MR) is 212 cm³/mol. The van der Waals surface area contributed by atoms with Crippen LogP contribution in [0.15, 0.2) is 146 Å². The Morgan fingerprint density at radius 3 is 0.654 bits per heavy atom. The Morgan fingerprint density at radius 2 is 0.442 bits per heavy atom. The molecule has 1 aliphatic heterocycles. The molecular weight excluding hydrogens is 641 g/mol. The van der Waals surface area contributed by atoms with Crippen molar-refractivity contribution in [1.82, 2.24) is 19.9 Å². The van der Waals surface area contributed by atoms with E-state index in [0.29, 0.717) is 22.7 Å². The van der Waals surface area contributed by atoms with E-state index in [1.165, 1.54) is 0 Å². The molecule has 0 fully saturated rings. The van der Waals surface area contributed by atoms with E-state index in [1.807, 2.05) is 48.5 Å². The average molecular weight is 677 g/mol. The lowest BCUT2D eigenvalue weighted by atomic mass is 10.0. The lowest BCUT2D eigenvalue weighted by molar-refractivity contribution is 1.19. The Morgan fingerprint density at radius 1 is 0.231 bits per heavy atom. The van der Waals surface area contributed by atoms with Gasteiger partial charge in [-0.1, -0.05) is 48.5 Å². The van der Waals surface area contributed by atoms with Crippen LogP contribution in [0.3, 0.4) is 0 Å². The minimum Gasteiger partial charge on any atom is -0.399 e. The number of nitrogen functional groups attached to an aromatic ring is 4. The van der Waals surface area contributed by atoms with Crippen LogP contribution in [0.2, 0.25) is 0 Å². The molecule has 0 spiro atoms. The maximum atomic E-state index is 6.16. The molecule has 5 heterocycles. The Balaban J connectivity index is 1.43. The van der Waals surface area contributed by atoms with Crippen LogP contribution < -0.4 is 44.3 Å². The minimum atomic E-state index is 0.704. The molecule has 0 atom stereocenters. The molecular formula is C44H36N8. The summed E-state index contributed by atoms with van der Waals surface area (Å²) in [6, 6.07) is 49.0. The van der Waals surface area contributed by atoms with Gasteiger partial charge in [0.25, 0.3) is 0 Å². The molecule has 0 radical (unpaired) electrons. The van der Waals surface area contributed by atoms with Gasteiger partial charge in [0.2, 0.25) is 0 Å². The number of anilines is 4. The first-order chi connectivity index (χ1) is 25.4. The largest absolute Gasteiger partial charge is 0.399 e. The maximum absolute atomic E-state index is 6.16. The number of rotatable bonds is 4. The first-order valence-corrected chi connectivity index (χ1v) is 17.1. The predicted octanol–water partition coefficient (Wildman–Crippen LogP) is 4.63. The zero-order valence-corrected chi connectivity index (χ0v) is 28.2. The molecule has 1 aliphatic rings. The van der Waals surface area contributed by atoms with Gasteiger partial charge in [0, 0.05) is 89.2 Å². The molecule has 8 nitrogen and oxygen atoms in total. The Bertz CT molecular complexity index is 2460. The molecule has 12 N–H and O–H groups in total. The van der Waals surface area contributed by atoms with E-state index in [1.54, 1.807) is 0 Å². The molecule has 0 amide bonds. The van der Waals surface area contributed by atoms with Crippen molar-refractivity contribution in [3.8, 4) is 0 Å². The highest BCUT2D eigenvalue weighted by Gasteiger charge is 2.18. The second-order valence-corrected chi connectivity index (χ2v) is 13.1. The smallest absolute Gasteiger partial charge is 0.0485 e. The normalized spacial score (nSPS) is 12.8. The van der Waals surface area contributed by atoms with E-state index in [4.69, 9.17) is 22.9 Å². The van der Waals surface area contributed by atoms with Crippen molar-refractivity contribution in [2.45, 2.75) is 0 Å². The Hall–Kier alpha value is -7.32. The number of hydrogen-bond acceptors (Lipinski definition) is 4. The van der Waals surface area contributed by atoms with Crippen molar-refractivity contribution in [2.75, 3.05) is 22.9 Å². The average Bonchev–Trinajstić information content (AvgIpc) is 3.99. The van der Waals surface area contributed by atoms with Crippen LogP contribution in [0.25, 0.3) is 22.3 Å². The molecule has 0 saturated carbocycles. The summed E-state index contributed by atoms with van der Waals surface area (Å²) in [5.74, 6) is 0. The molecule has 0 saturated heterocycles. The number of aromatic amines is 4. The van der Waals surface area contributed by atoms with Gasteiger partial charge in [0.1, 0.15) is 0 Å². The number of hydrogen-bond donors (Lipinski definition) is 8. The van der Waals surface area contributed by atoms with E-state index >= 15 is 0 Å².